The Balaban J connectivity index is 1.86. The van der Waals surface area contributed by atoms with Crippen LogP contribution in [0.4, 0.5) is 8.78 Å². The van der Waals surface area contributed by atoms with Crippen LogP contribution in [-0.2, 0) is 36.9 Å². The number of halogens is 2. The van der Waals surface area contributed by atoms with Gasteiger partial charge in [-0.2, -0.15) is 5.48 Å². The summed E-state index contributed by atoms with van der Waals surface area (Å²) in [5.41, 5.74) is 5.73. The quantitative estimate of drug-likeness (QED) is 0.182. The van der Waals surface area contributed by atoms with Crippen LogP contribution in [0.2, 0.25) is 0 Å². The highest BCUT2D eigenvalue weighted by molar-refractivity contribution is 6.24. The number of ether oxygens (including phenoxy) is 1. The average molecular weight is 538 g/mol. The van der Waals surface area contributed by atoms with Crippen molar-refractivity contribution in [1.29, 1.82) is 0 Å². The number of benzene rings is 1. The van der Waals surface area contributed by atoms with Crippen molar-refractivity contribution in [1.82, 2.24) is 10.4 Å². The minimum atomic E-state index is -2.68. The van der Waals surface area contributed by atoms with Crippen molar-refractivity contribution in [2.75, 3.05) is 27.8 Å². The molecule has 1 fully saturated rings. The summed E-state index contributed by atoms with van der Waals surface area (Å²) in [6, 6.07) is 1.76. The maximum Gasteiger partial charge on any atom is 0.263 e. The molecular weight excluding hydrogens is 508 g/mol. The number of aliphatic hydroxyl groups is 2. The first kappa shape index (κ1) is 27.6. The van der Waals surface area contributed by atoms with E-state index >= 15 is 0 Å². The third kappa shape index (κ3) is 4.06. The van der Waals surface area contributed by atoms with Crippen molar-refractivity contribution >= 4 is 23.2 Å². The van der Waals surface area contributed by atoms with E-state index in [4.69, 9.17) is 15.3 Å². The highest BCUT2D eigenvalue weighted by Gasteiger charge is 2.65. The summed E-state index contributed by atoms with van der Waals surface area (Å²) in [4.78, 5) is 45.8. The molecule has 38 heavy (non-hydrogen) atoms. The molecule has 206 valence electrons. The molecule has 0 aromatic heterocycles. The summed E-state index contributed by atoms with van der Waals surface area (Å²) in [5.74, 6) is -6.24. The Hall–Kier alpha value is -3.39. The van der Waals surface area contributed by atoms with Crippen molar-refractivity contribution in [3.63, 3.8) is 0 Å². The summed E-state index contributed by atoms with van der Waals surface area (Å²) in [5, 5.41) is 33.0. The number of ketones is 2. The van der Waals surface area contributed by atoms with Gasteiger partial charge in [-0.1, -0.05) is 6.07 Å². The molecule has 0 aliphatic heterocycles. The molecule has 0 spiro atoms. The predicted molar refractivity (Wildman–Crippen MR) is 128 cm³/mol. The van der Waals surface area contributed by atoms with Crippen LogP contribution in [0.15, 0.2) is 29.0 Å². The number of hydroxylamine groups is 1. The molecule has 1 saturated carbocycles. The Bertz CT molecular complexity index is 1260. The molecule has 13 heteroatoms. The average Bonchev–Trinajstić information content (AvgIpc) is 2.82. The molecule has 0 heterocycles. The van der Waals surface area contributed by atoms with E-state index in [1.54, 1.807) is 14.1 Å². The van der Waals surface area contributed by atoms with Crippen molar-refractivity contribution in [3.8, 4) is 5.75 Å². The van der Waals surface area contributed by atoms with Gasteiger partial charge in [0.05, 0.1) is 11.6 Å². The molecular formula is C25H29F2N3O8. The number of carbonyl (C=O) groups excluding carboxylic acids is 3. The summed E-state index contributed by atoms with van der Waals surface area (Å²) in [7, 11) is 4.31. The lowest BCUT2D eigenvalue weighted by molar-refractivity contribution is -0.159. The molecule has 0 bridgehead atoms. The summed E-state index contributed by atoms with van der Waals surface area (Å²) >= 11 is 0. The molecule has 3 aliphatic rings. The van der Waals surface area contributed by atoms with Crippen LogP contribution in [0.5, 0.6) is 5.75 Å². The highest BCUT2D eigenvalue weighted by Crippen LogP contribution is 2.54. The van der Waals surface area contributed by atoms with Crippen molar-refractivity contribution < 1.29 is 48.1 Å². The molecule has 3 aliphatic carbocycles. The second kappa shape index (κ2) is 10.1. The summed E-state index contributed by atoms with van der Waals surface area (Å²) in [6.45, 7) is -0.869. The first-order valence-corrected chi connectivity index (χ1v) is 11.8. The highest BCUT2D eigenvalue weighted by atomic mass is 19.3. The van der Waals surface area contributed by atoms with Gasteiger partial charge in [-0.25, -0.2) is 8.78 Å². The second-order valence-corrected chi connectivity index (χ2v) is 9.76. The third-order valence-electron chi connectivity index (χ3n) is 7.56. The minimum Gasteiger partial charge on any atom is -0.508 e. The van der Waals surface area contributed by atoms with Crippen LogP contribution in [0.3, 0.4) is 0 Å². The summed E-state index contributed by atoms with van der Waals surface area (Å²) < 4.78 is 30.4. The van der Waals surface area contributed by atoms with Crippen LogP contribution >= 0.6 is 0 Å². The lowest BCUT2D eigenvalue weighted by Crippen LogP contribution is -2.66. The van der Waals surface area contributed by atoms with Gasteiger partial charge in [-0.3, -0.25) is 24.1 Å². The van der Waals surface area contributed by atoms with Gasteiger partial charge in [-0.05, 0) is 50.0 Å². The van der Waals surface area contributed by atoms with Gasteiger partial charge in [0.25, 0.3) is 12.3 Å². The Labute approximate surface area is 216 Å². The molecule has 0 saturated heterocycles. The number of alkyl halides is 2. The summed E-state index contributed by atoms with van der Waals surface area (Å²) in [6.07, 6.45) is -2.46. The number of likely N-dealkylation sites (N-methyl/N-ethyl adjacent to an activating group) is 1. The van der Waals surface area contributed by atoms with E-state index in [1.165, 1.54) is 17.0 Å². The molecule has 11 nitrogen and oxygen atoms in total. The first-order chi connectivity index (χ1) is 17.9. The van der Waals surface area contributed by atoms with E-state index in [9.17, 15) is 38.5 Å². The monoisotopic (exact) mass is 537 g/mol. The lowest BCUT2D eigenvalue weighted by Gasteiger charge is -2.52. The lowest BCUT2D eigenvalue weighted by atomic mass is 9.57. The Morgan fingerprint density at radius 2 is 1.95 bits per heavy atom. The number of methoxy groups -OCH3 is 1. The zero-order valence-electron chi connectivity index (χ0n) is 21.0. The van der Waals surface area contributed by atoms with Crippen LogP contribution < -0.4 is 11.2 Å². The van der Waals surface area contributed by atoms with Crippen molar-refractivity contribution in [2.45, 2.75) is 37.5 Å². The smallest absolute Gasteiger partial charge is 0.263 e. The zero-order chi connectivity index (χ0) is 28.1. The van der Waals surface area contributed by atoms with E-state index in [2.05, 4.69) is 5.48 Å². The molecule has 1 aromatic rings. The fourth-order valence-corrected chi connectivity index (χ4v) is 6.04. The van der Waals surface area contributed by atoms with Gasteiger partial charge >= 0.3 is 0 Å². The van der Waals surface area contributed by atoms with Gasteiger partial charge < -0.3 is 25.8 Å². The molecule has 4 atom stereocenters. The number of hydrogen-bond donors (Lipinski definition) is 5. The number of phenolic OH excluding ortho intramolecular Hbond substituents is 1. The number of fused-ring (bicyclic) bond motifs is 3. The zero-order valence-corrected chi connectivity index (χ0v) is 21.0. The minimum absolute atomic E-state index is 0.0305. The number of hydrogen-bond acceptors (Lipinski definition) is 10. The molecule has 0 radical (unpaired) electrons. The van der Waals surface area contributed by atoms with E-state index in [0.717, 1.165) is 7.11 Å². The molecule has 0 unspecified atom stereocenters. The first-order valence-electron chi connectivity index (χ1n) is 11.8. The number of primary amides is 1. The Morgan fingerprint density at radius 3 is 2.53 bits per heavy atom. The second-order valence-electron chi connectivity index (χ2n) is 9.76. The maximum absolute atomic E-state index is 14.1. The number of nitrogens with one attached hydrogen (secondary N) is 1. The molecule has 1 amide bonds. The maximum atomic E-state index is 14.1. The number of nitrogens with zero attached hydrogens (tertiary/aromatic N) is 1. The number of carbonyl (C=O) groups is 3. The molecule has 1 aromatic carbocycles. The SMILES string of the molecule is CO[C@]12C(=O)C3=C(O)c4c(O)ccc(CNOCC(F)F)c4C[C@H]3C[C@H]1[C@H](N(C)C)C(=O)C(C(N)=O)=C2O. The number of aliphatic hydroxyl groups excluding tert-OH is 2. The van der Waals surface area contributed by atoms with Crippen LogP contribution in [0.25, 0.3) is 5.76 Å². The fraction of sp³-hybridized carbons (Fsp3) is 0.480. The number of phenols is 1. The molecule has 6 N–H and O–H groups in total. The van der Waals surface area contributed by atoms with Crippen LogP contribution in [-0.4, -0.2) is 83.6 Å². The van der Waals surface area contributed by atoms with Gasteiger partial charge in [0, 0.05) is 25.1 Å². The molecule has 4 rings (SSSR count). The topological polar surface area (TPSA) is 172 Å². The van der Waals surface area contributed by atoms with Crippen molar-refractivity contribution in [2.24, 2.45) is 17.6 Å². The number of nitrogens with two attached hydrogens (primary N) is 1. The normalized spacial score (nSPS) is 27.1. The number of amides is 1. The van der Waals surface area contributed by atoms with Gasteiger partial charge in [0.2, 0.25) is 5.78 Å². The predicted octanol–water partition coefficient (Wildman–Crippen LogP) is 0.904. The van der Waals surface area contributed by atoms with E-state index in [0.29, 0.717) is 11.1 Å². The van der Waals surface area contributed by atoms with E-state index in [1.807, 2.05) is 0 Å². The van der Waals surface area contributed by atoms with Gasteiger partial charge in [0.15, 0.2) is 11.4 Å². The number of rotatable bonds is 8. The van der Waals surface area contributed by atoms with Gasteiger partial charge in [-0.15, -0.1) is 0 Å². The number of aromatic hydroxyl groups is 1. The fourth-order valence-electron chi connectivity index (χ4n) is 6.04. The largest absolute Gasteiger partial charge is 0.508 e. The van der Waals surface area contributed by atoms with E-state index in [-0.39, 0.29) is 36.3 Å². The van der Waals surface area contributed by atoms with Crippen LogP contribution in [0.1, 0.15) is 23.1 Å². The van der Waals surface area contributed by atoms with Crippen LogP contribution in [0, 0.1) is 11.8 Å². The van der Waals surface area contributed by atoms with Crippen molar-refractivity contribution in [3.05, 3.63) is 45.7 Å². The standard InChI is InChI=1S/C25H29F2N3O8/c1-30(2)19-13-7-11-6-12-10(8-29-38-9-15(26)27)4-5-14(31)17(12)20(32)16(11)22(34)25(13,37-3)23(35)18(21(19)33)24(28)36/h4-5,11,13,15,19,29,31-32,35H,6-9H2,1-3H3,(H2,28,36)/t11-,13-,19-,25-/m0/s1. The Kier molecular flexibility index (Phi) is 7.32. The Morgan fingerprint density at radius 1 is 1.26 bits per heavy atom. The van der Waals surface area contributed by atoms with E-state index < -0.39 is 71.1 Å². The van der Waals surface area contributed by atoms with Gasteiger partial charge in [0.1, 0.15) is 29.4 Å². The number of Topliss-reactive ketones (excluding diaryl/α,β-unsaturated/α-hetero) is 2. The third-order valence-corrected chi connectivity index (χ3v) is 7.56.